The van der Waals surface area contributed by atoms with E-state index in [9.17, 15) is 4.79 Å². The van der Waals surface area contributed by atoms with Gasteiger partial charge in [0.05, 0.1) is 28.4 Å². The van der Waals surface area contributed by atoms with Crippen LogP contribution in [-0.4, -0.2) is 37.6 Å². The van der Waals surface area contributed by atoms with Crippen molar-refractivity contribution in [2.24, 2.45) is 5.10 Å². The highest BCUT2D eigenvalue weighted by Crippen LogP contribution is 2.35. The lowest BCUT2D eigenvalue weighted by molar-refractivity contribution is -0.130. The van der Waals surface area contributed by atoms with E-state index in [1.54, 1.807) is 6.26 Å². The zero-order chi connectivity index (χ0) is 22.9. The highest BCUT2D eigenvalue weighted by atomic mass is 32.2. The van der Waals surface area contributed by atoms with Gasteiger partial charge in [-0.3, -0.25) is 4.79 Å². The molecule has 0 bridgehead atoms. The number of hydrogen-bond acceptors (Lipinski definition) is 9. The highest BCUT2D eigenvalue weighted by molar-refractivity contribution is 7.99. The lowest BCUT2D eigenvalue weighted by atomic mass is 10.0. The van der Waals surface area contributed by atoms with Gasteiger partial charge in [0.15, 0.2) is 0 Å². The molecule has 0 aliphatic carbocycles. The quantitative estimate of drug-likeness (QED) is 0.351. The first-order valence-electron chi connectivity index (χ1n) is 10.4. The summed E-state index contributed by atoms with van der Waals surface area (Å²) in [6.07, 6.45) is 2.20. The molecule has 0 saturated carbocycles. The van der Waals surface area contributed by atoms with E-state index in [1.165, 1.54) is 33.7 Å². The number of benzene rings is 1. The largest absolute Gasteiger partial charge is 0.467 e. The zero-order valence-electron chi connectivity index (χ0n) is 18.3. The van der Waals surface area contributed by atoms with Gasteiger partial charge in [-0.25, -0.2) is 9.99 Å². The summed E-state index contributed by atoms with van der Waals surface area (Å²) in [5.74, 6) is 1.08. The maximum atomic E-state index is 13.1. The lowest BCUT2D eigenvalue weighted by Crippen LogP contribution is -2.28. The van der Waals surface area contributed by atoms with E-state index in [-0.39, 0.29) is 17.7 Å². The van der Waals surface area contributed by atoms with Crippen LogP contribution < -0.4 is 0 Å². The van der Waals surface area contributed by atoms with E-state index in [0.29, 0.717) is 23.3 Å². The van der Waals surface area contributed by atoms with Crippen LogP contribution in [-0.2, 0) is 4.79 Å². The molecule has 0 radical (unpaired) electrons. The van der Waals surface area contributed by atoms with Crippen molar-refractivity contribution in [1.29, 1.82) is 0 Å². The molecular weight excluding hydrogens is 458 g/mol. The molecule has 1 aromatic carbocycles. The number of thiazole rings is 1. The van der Waals surface area contributed by atoms with Gasteiger partial charge in [0.25, 0.3) is 17.0 Å². The van der Waals surface area contributed by atoms with Crippen LogP contribution in [0.3, 0.4) is 0 Å². The number of furan rings is 1. The molecule has 33 heavy (non-hydrogen) atoms. The number of aromatic nitrogens is 3. The first-order valence-corrected chi connectivity index (χ1v) is 12.2. The molecular formula is C23H21N5O3S2. The normalized spacial score (nSPS) is 15.8. The molecule has 0 fully saturated rings. The van der Waals surface area contributed by atoms with Crippen molar-refractivity contribution in [3.05, 3.63) is 70.3 Å². The summed E-state index contributed by atoms with van der Waals surface area (Å²) in [5.41, 5.74) is 3.87. The fraction of sp³-hybridized carbons (Fsp3) is 0.261. The third-order valence-electron chi connectivity index (χ3n) is 5.25. The molecule has 1 aliphatic heterocycles. The number of aryl methyl sites for hydroxylation is 3. The third kappa shape index (κ3) is 4.49. The fourth-order valence-corrected chi connectivity index (χ4v) is 5.10. The number of nitrogens with zero attached hydrogens (tertiary/aromatic N) is 5. The van der Waals surface area contributed by atoms with Crippen LogP contribution in [0.15, 0.2) is 61.8 Å². The van der Waals surface area contributed by atoms with Crippen molar-refractivity contribution in [2.45, 2.75) is 38.5 Å². The molecule has 1 aliphatic rings. The maximum absolute atomic E-state index is 13.1. The third-order valence-corrected chi connectivity index (χ3v) is 7.11. The summed E-state index contributed by atoms with van der Waals surface area (Å²) in [4.78, 5) is 18.4. The Bertz CT molecular complexity index is 1310. The Balaban J connectivity index is 1.32. The first-order chi connectivity index (χ1) is 16.0. The van der Waals surface area contributed by atoms with Crippen molar-refractivity contribution in [3.8, 4) is 10.8 Å². The molecule has 1 unspecified atom stereocenters. The molecule has 4 aromatic rings. The van der Waals surface area contributed by atoms with E-state index in [0.717, 1.165) is 26.9 Å². The molecule has 1 atom stereocenters. The number of carbonyl (C=O) groups is 1. The number of hydrazone groups is 1. The molecule has 3 aromatic heterocycles. The van der Waals surface area contributed by atoms with Gasteiger partial charge < -0.3 is 8.83 Å². The van der Waals surface area contributed by atoms with Gasteiger partial charge in [0, 0.05) is 6.42 Å². The first kappa shape index (κ1) is 21.6. The second-order valence-electron chi connectivity index (χ2n) is 7.70. The Morgan fingerprint density at radius 1 is 1.18 bits per heavy atom. The Morgan fingerprint density at radius 3 is 2.70 bits per heavy atom. The van der Waals surface area contributed by atoms with Gasteiger partial charge in [-0.15, -0.1) is 21.5 Å². The fourth-order valence-electron chi connectivity index (χ4n) is 3.64. The van der Waals surface area contributed by atoms with Crippen molar-refractivity contribution < 1.29 is 13.6 Å². The molecule has 10 heteroatoms. The van der Waals surface area contributed by atoms with Gasteiger partial charge in [-0.05, 0) is 38.5 Å². The van der Waals surface area contributed by atoms with Crippen LogP contribution in [0, 0.1) is 20.8 Å². The average molecular weight is 480 g/mol. The molecule has 0 spiro atoms. The summed E-state index contributed by atoms with van der Waals surface area (Å²) in [5, 5.41) is 15.6. The molecule has 168 valence electrons. The van der Waals surface area contributed by atoms with Crippen molar-refractivity contribution >= 4 is 34.7 Å². The molecule has 0 N–H and O–H groups in total. The van der Waals surface area contributed by atoms with Gasteiger partial charge >= 0.3 is 0 Å². The molecule has 0 saturated heterocycles. The number of hydrogen-bond donors (Lipinski definition) is 0. The van der Waals surface area contributed by atoms with Crippen LogP contribution in [0.4, 0.5) is 0 Å². The Morgan fingerprint density at radius 2 is 2.00 bits per heavy atom. The SMILES string of the molecule is Cc1ccc(C2=NN(C(=O)CSc3nnc(-c4sc(C)nc4C)o3)C(c3ccco3)C2)cc1. The summed E-state index contributed by atoms with van der Waals surface area (Å²) in [6, 6.07) is 11.5. The monoisotopic (exact) mass is 479 g/mol. The topological polar surface area (TPSA) is 97.6 Å². The number of rotatable bonds is 6. The van der Waals surface area contributed by atoms with Crippen LogP contribution in [0.5, 0.6) is 0 Å². The van der Waals surface area contributed by atoms with Crippen LogP contribution >= 0.6 is 23.1 Å². The van der Waals surface area contributed by atoms with E-state index in [2.05, 4.69) is 20.3 Å². The Labute approximate surface area is 198 Å². The Hall–Kier alpha value is -3.24. The Kier molecular flexibility index (Phi) is 5.86. The van der Waals surface area contributed by atoms with Crippen LogP contribution in [0.2, 0.25) is 0 Å². The molecule has 5 rings (SSSR count). The van der Waals surface area contributed by atoms with Crippen molar-refractivity contribution in [2.75, 3.05) is 5.75 Å². The van der Waals surface area contributed by atoms with Crippen molar-refractivity contribution in [3.63, 3.8) is 0 Å². The van der Waals surface area contributed by atoms with Crippen LogP contribution in [0.25, 0.3) is 10.8 Å². The zero-order valence-corrected chi connectivity index (χ0v) is 19.9. The number of amides is 1. The lowest BCUT2D eigenvalue weighted by Gasteiger charge is -2.19. The second kappa shape index (κ2) is 8.95. The maximum Gasteiger partial charge on any atom is 0.277 e. The minimum atomic E-state index is -0.287. The molecule has 4 heterocycles. The second-order valence-corrected chi connectivity index (χ2v) is 9.83. The average Bonchev–Trinajstić information content (AvgIpc) is 3.59. The van der Waals surface area contributed by atoms with Crippen LogP contribution in [0.1, 0.15) is 40.1 Å². The van der Waals surface area contributed by atoms with E-state index >= 15 is 0 Å². The van der Waals surface area contributed by atoms with E-state index in [4.69, 9.17) is 8.83 Å². The summed E-state index contributed by atoms with van der Waals surface area (Å²) >= 11 is 2.70. The minimum absolute atomic E-state index is 0.115. The summed E-state index contributed by atoms with van der Waals surface area (Å²) < 4.78 is 11.4. The number of carbonyl (C=O) groups excluding carboxylic acids is 1. The summed E-state index contributed by atoms with van der Waals surface area (Å²) in [7, 11) is 0. The summed E-state index contributed by atoms with van der Waals surface area (Å²) in [6.45, 7) is 5.88. The predicted octanol–water partition coefficient (Wildman–Crippen LogP) is 5.18. The minimum Gasteiger partial charge on any atom is -0.467 e. The molecule has 1 amide bonds. The molecule has 8 nitrogen and oxygen atoms in total. The van der Waals surface area contributed by atoms with E-state index in [1.807, 2.05) is 57.2 Å². The van der Waals surface area contributed by atoms with Crippen molar-refractivity contribution in [1.82, 2.24) is 20.2 Å². The van der Waals surface area contributed by atoms with Gasteiger partial charge in [-0.1, -0.05) is 41.6 Å². The highest BCUT2D eigenvalue weighted by Gasteiger charge is 2.35. The van der Waals surface area contributed by atoms with Gasteiger partial charge in [0.1, 0.15) is 16.7 Å². The number of thioether (sulfide) groups is 1. The smallest absolute Gasteiger partial charge is 0.277 e. The van der Waals surface area contributed by atoms with Gasteiger partial charge in [-0.2, -0.15) is 5.10 Å². The van der Waals surface area contributed by atoms with E-state index < -0.39 is 0 Å². The standard InChI is InChI=1S/C23H21N5O3S2/c1-13-6-8-16(9-7-13)17-11-18(19-5-4-10-30-19)28(27-17)20(29)12-32-23-26-25-22(31-23)21-14(2)24-15(3)33-21/h4-10,18H,11-12H2,1-3H3. The predicted molar refractivity (Wildman–Crippen MR) is 126 cm³/mol. The van der Waals surface area contributed by atoms with Gasteiger partial charge in [0.2, 0.25) is 0 Å².